The lowest BCUT2D eigenvalue weighted by Crippen LogP contribution is -3.13. The minimum atomic E-state index is 0.175. The van der Waals surface area contributed by atoms with Crippen LogP contribution in [0.25, 0.3) is 0 Å². The number of hydrogen-bond donors (Lipinski definition) is 1. The van der Waals surface area contributed by atoms with Crippen molar-refractivity contribution in [3.63, 3.8) is 0 Å². The zero-order chi connectivity index (χ0) is 14.2. The molecule has 3 atom stereocenters. The number of quaternary nitrogens is 1. The molecule has 2 bridgehead atoms. The Hall–Kier alpha value is -1.87. The van der Waals surface area contributed by atoms with Gasteiger partial charge in [-0.2, -0.15) is 0 Å². The molecule has 1 aromatic carbocycles. The Bertz CT molecular complexity index is 692. The normalized spacial score (nSPS) is 27.1. The predicted molar refractivity (Wildman–Crippen MR) is 82.4 cm³/mol. The van der Waals surface area contributed by atoms with E-state index < -0.39 is 0 Å². The molecular weight excluding hydrogens is 260 g/mol. The monoisotopic (exact) mass is 281 g/mol. The van der Waals surface area contributed by atoms with E-state index in [-0.39, 0.29) is 5.56 Å². The van der Waals surface area contributed by atoms with Crippen LogP contribution in [0.2, 0.25) is 0 Å². The van der Waals surface area contributed by atoms with Gasteiger partial charge in [0.25, 0.3) is 5.56 Å². The lowest BCUT2D eigenvalue weighted by Gasteiger charge is -2.40. The molecule has 3 heteroatoms. The Kier molecular flexibility index (Phi) is 3.15. The van der Waals surface area contributed by atoms with Gasteiger partial charge in [0.2, 0.25) is 0 Å². The number of likely N-dealkylation sites (tertiary alicyclic amines) is 1. The van der Waals surface area contributed by atoms with E-state index >= 15 is 0 Å². The van der Waals surface area contributed by atoms with Crippen molar-refractivity contribution in [3.8, 4) is 0 Å². The van der Waals surface area contributed by atoms with E-state index in [2.05, 4.69) is 36.4 Å². The van der Waals surface area contributed by atoms with Gasteiger partial charge in [0.1, 0.15) is 6.54 Å². The fraction of sp³-hybridized carbons (Fsp3) is 0.389. The van der Waals surface area contributed by atoms with Gasteiger partial charge in [-0.15, -0.1) is 0 Å². The molecule has 108 valence electrons. The molecule has 2 aliphatic rings. The number of nitrogens with one attached hydrogen (secondary N) is 1. The summed E-state index contributed by atoms with van der Waals surface area (Å²) in [7, 11) is 0. The van der Waals surface area contributed by atoms with Crippen LogP contribution in [0.3, 0.4) is 0 Å². The van der Waals surface area contributed by atoms with Gasteiger partial charge < -0.3 is 9.47 Å². The zero-order valence-corrected chi connectivity index (χ0v) is 12.2. The molecule has 1 N–H and O–H groups in total. The number of rotatable bonds is 2. The van der Waals surface area contributed by atoms with Crippen LogP contribution in [0.15, 0.2) is 53.3 Å². The fourth-order valence-corrected chi connectivity index (χ4v) is 4.15. The summed E-state index contributed by atoms with van der Waals surface area (Å²) in [6.07, 6.45) is 1.25. The highest BCUT2D eigenvalue weighted by Crippen LogP contribution is 2.30. The number of aromatic nitrogens is 1. The van der Waals surface area contributed by atoms with Crippen molar-refractivity contribution in [1.29, 1.82) is 0 Å². The van der Waals surface area contributed by atoms with Gasteiger partial charge in [-0.25, -0.2) is 0 Å². The molecule has 2 aromatic rings. The van der Waals surface area contributed by atoms with Crippen molar-refractivity contribution in [3.05, 3.63) is 70.1 Å². The third-order valence-electron chi connectivity index (χ3n) is 4.97. The summed E-state index contributed by atoms with van der Waals surface area (Å²) in [5, 5.41) is 0. The molecular formula is C18H21N2O+. The Labute approximate surface area is 124 Å². The standard InChI is InChI=1S/C18H20N2O/c21-18-8-4-7-17-16-9-15(12-20(17)18)11-19(13-16)10-14-5-2-1-3-6-14/h1-8,15-16H,9-13H2/p+1/t15-,16+/m1/s1. The Morgan fingerprint density at radius 1 is 1.05 bits per heavy atom. The smallest absolute Gasteiger partial charge is 0.250 e. The first-order valence-electron chi connectivity index (χ1n) is 7.87. The van der Waals surface area contributed by atoms with Crippen molar-refractivity contribution >= 4 is 0 Å². The molecule has 2 aliphatic heterocycles. The van der Waals surface area contributed by atoms with Crippen molar-refractivity contribution in [2.45, 2.75) is 25.4 Å². The molecule has 0 aliphatic carbocycles. The van der Waals surface area contributed by atoms with Crippen LogP contribution >= 0.6 is 0 Å². The van der Waals surface area contributed by atoms with Crippen LogP contribution in [-0.2, 0) is 13.1 Å². The second kappa shape index (κ2) is 5.15. The first-order chi connectivity index (χ1) is 10.3. The third kappa shape index (κ3) is 2.42. The van der Waals surface area contributed by atoms with Gasteiger partial charge in [0, 0.05) is 35.7 Å². The molecule has 3 nitrogen and oxygen atoms in total. The van der Waals surface area contributed by atoms with E-state index in [1.165, 1.54) is 24.2 Å². The largest absolute Gasteiger partial charge is 0.330 e. The Morgan fingerprint density at radius 3 is 2.76 bits per heavy atom. The lowest BCUT2D eigenvalue weighted by atomic mass is 9.83. The summed E-state index contributed by atoms with van der Waals surface area (Å²) in [5.74, 6) is 1.19. The molecule has 4 rings (SSSR count). The van der Waals surface area contributed by atoms with Gasteiger partial charge >= 0.3 is 0 Å². The molecule has 1 saturated heterocycles. The summed E-state index contributed by atoms with van der Waals surface area (Å²) in [5.41, 5.74) is 2.84. The van der Waals surface area contributed by atoms with Gasteiger partial charge in [0.05, 0.1) is 13.1 Å². The summed E-state index contributed by atoms with van der Waals surface area (Å²) in [4.78, 5) is 13.7. The van der Waals surface area contributed by atoms with E-state index in [4.69, 9.17) is 0 Å². The summed E-state index contributed by atoms with van der Waals surface area (Å²) < 4.78 is 2.01. The molecule has 1 unspecified atom stereocenters. The number of fused-ring (bicyclic) bond motifs is 4. The van der Waals surface area contributed by atoms with E-state index in [1.807, 2.05) is 10.6 Å². The second-order valence-electron chi connectivity index (χ2n) is 6.52. The maximum Gasteiger partial charge on any atom is 0.250 e. The van der Waals surface area contributed by atoms with Gasteiger partial charge in [-0.1, -0.05) is 36.4 Å². The minimum absolute atomic E-state index is 0.175. The van der Waals surface area contributed by atoms with Crippen LogP contribution in [0.1, 0.15) is 23.6 Å². The zero-order valence-electron chi connectivity index (χ0n) is 12.2. The fourth-order valence-electron chi connectivity index (χ4n) is 4.15. The average Bonchev–Trinajstić information content (AvgIpc) is 2.49. The van der Waals surface area contributed by atoms with Crippen molar-refractivity contribution in [2.75, 3.05) is 13.1 Å². The number of pyridine rings is 1. The van der Waals surface area contributed by atoms with Crippen LogP contribution < -0.4 is 10.5 Å². The minimum Gasteiger partial charge on any atom is -0.330 e. The molecule has 1 fully saturated rings. The van der Waals surface area contributed by atoms with Gasteiger partial charge in [-0.05, 0) is 12.5 Å². The lowest BCUT2D eigenvalue weighted by molar-refractivity contribution is -0.924. The van der Waals surface area contributed by atoms with Crippen LogP contribution in [0.4, 0.5) is 0 Å². The predicted octanol–water partition coefficient (Wildman–Crippen LogP) is 1.05. The third-order valence-corrected chi connectivity index (χ3v) is 4.97. The SMILES string of the molecule is O=c1cccc2n1C[C@@H]1C[C@H]2C[NH+](Cc2ccccc2)C1. The molecule has 1 aromatic heterocycles. The van der Waals surface area contributed by atoms with Crippen molar-refractivity contribution < 1.29 is 4.90 Å². The number of piperidine rings is 1. The van der Waals surface area contributed by atoms with Crippen LogP contribution in [0.5, 0.6) is 0 Å². The van der Waals surface area contributed by atoms with E-state index in [1.54, 1.807) is 11.0 Å². The van der Waals surface area contributed by atoms with E-state index in [0.29, 0.717) is 11.8 Å². The second-order valence-corrected chi connectivity index (χ2v) is 6.52. The average molecular weight is 281 g/mol. The summed E-state index contributed by atoms with van der Waals surface area (Å²) in [6.45, 7) is 4.34. The molecule has 0 radical (unpaired) electrons. The highest BCUT2D eigenvalue weighted by Gasteiger charge is 2.36. The van der Waals surface area contributed by atoms with Crippen molar-refractivity contribution in [2.24, 2.45) is 5.92 Å². The Balaban J connectivity index is 1.58. The van der Waals surface area contributed by atoms with Gasteiger partial charge in [-0.3, -0.25) is 4.79 Å². The van der Waals surface area contributed by atoms with E-state index in [9.17, 15) is 4.79 Å². The first kappa shape index (κ1) is 12.8. The molecule has 0 amide bonds. The number of hydrogen-bond acceptors (Lipinski definition) is 1. The van der Waals surface area contributed by atoms with Crippen LogP contribution in [0, 0.1) is 5.92 Å². The first-order valence-corrected chi connectivity index (χ1v) is 7.87. The Morgan fingerprint density at radius 2 is 1.90 bits per heavy atom. The quantitative estimate of drug-likeness (QED) is 0.875. The molecule has 0 spiro atoms. The molecule has 3 heterocycles. The molecule has 21 heavy (non-hydrogen) atoms. The number of nitrogens with zero attached hydrogens (tertiary/aromatic N) is 1. The highest BCUT2D eigenvalue weighted by atomic mass is 16.1. The van der Waals surface area contributed by atoms with E-state index in [0.717, 1.165) is 19.6 Å². The maximum atomic E-state index is 12.0. The highest BCUT2D eigenvalue weighted by molar-refractivity contribution is 5.16. The van der Waals surface area contributed by atoms with Gasteiger partial charge in [0.15, 0.2) is 0 Å². The topological polar surface area (TPSA) is 26.4 Å². The van der Waals surface area contributed by atoms with Crippen LogP contribution in [-0.4, -0.2) is 17.7 Å². The summed E-state index contributed by atoms with van der Waals surface area (Å²) >= 11 is 0. The number of benzene rings is 1. The molecule has 0 saturated carbocycles. The summed E-state index contributed by atoms with van der Waals surface area (Å²) in [6, 6.07) is 16.5. The maximum absolute atomic E-state index is 12.0. The van der Waals surface area contributed by atoms with Crippen molar-refractivity contribution in [1.82, 2.24) is 4.57 Å².